The van der Waals surface area contributed by atoms with Gasteiger partial charge in [0.05, 0.1) is 11.1 Å². The highest BCUT2D eigenvalue weighted by atomic mass is 35.5. The van der Waals surface area contributed by atoms with Crippen LogP contribution >= 0.6 is 11.6 Å². The number of rotatable bonds is 3. The van der Waals surface area contributed by atoms with E-state index in [0.717, 1.165) is 0 Å². The van der Waals surface area contributed by atoms with Crippen LogP contribution in [0.5, 0.6) is 5.75 Å². The van der Waals surface area contributed by atoms with Gasteiger partial charge in [-0.2, -0.15) is 0 Å². The number of pyridine rings is 1. The van der Waals surface area contributed by atoms with Gasteiger partial charge in [-0.05, 0) is 35.9 Å². The maximum Gasteiger partial charge on any atom is 0.345 e. The maximum atomic E-state index is 13.1. The van der Waals surface area contributed by atoms with Crippen molar-refractivity contribution < 1.29 is 9.53 Å². The second kappa shape index (κ2) is 7.09. The minimum Gasteiger partial charge on any atom is -0.423 e. The minimum absolute atomic E-state index is 0.186. The molecule has 0 bridgehead atoms. The van der Waals surface area contributed by atoms with Gasteiger partial charge in [-0.25, -0.2) is 4.79 Å². The van der Waals surface area contributed by atoms with E-state index in [-0.39, 0.29) is 16.7 Å². The summed E-state index contributed by atoms with van der Waals surface area (Å²) in [4.78, 5) is 28.7. The second-order valence-electron chi connectivity index (χ2n) is 5.96. The Kier molecular flexibility index (Phi) is 4.48. The molecule has 3 aromatic carbocycles. The Labute approximate surface area is 160 Å². The average molecular weight is 376 g/mol. The average Bonchev–Trinajstić information content (AvgIpc) is 2.68. The van der Waals surface area contributed by atoms with Crippen LogP contribution in [0.4, 0.5) is 0 Å². The van der Waals surface area contributed by atoms with Crippen molar-refractivity contribution in [3.8, 4) is 16.9 Å². The molecule has 4 rings (SSSR count). The van der Waals surface area contributed by atoms with E-state index in [1.807, 2.05) is 24.3 Å². The molecule has 4 aromatic rings. The zero-order valence-electron chi connectivity index (χ0n) is 14.1. The highest BCUT2D eigenvalue weighted by molar-refractivity contribution is 6.31. The largest absolute Gasteiger partial charge is 0.423 e. The molecule has 0 aliphatic rings. The number of carbonyl (C=O) groups excluding carboxylic acids is 1. The molecule has 4 nitrogen and oxygen atoms in total. The van der Waals surface area contributed by atoms with Gasteiger partial charge in [0.2, 0.25) is 0 Å². The van der Waals surface area contributed by atoms with Crippen molar-refractivity contribution >= 4 is 28.5 Å². The fraction of sp³-hybridized carbons (Fsp3) is 0. The van der Waals surface area contributed by atoms with Gasteiger partial charge in [0.25, 0.3) is 5.56 Å². The Hall–Kier alpha value is -3.37. The molecule has 0 unspecified atom stereocenters. The summed E-state index contributed by atoms with van der Waals surface area (Å²) in [5.74, 6) is -0.213. The van der Waals surface area contributed by atoms with Gasteiger partial charge >= 0.3 is 5.97 Å². The summed E-state index contributed by atoms with van der Waals surface area (Å²) in [7, 11) is 0. The fourth-order valence-electron chi connectivity index (χ4n) is 3.00. The Morgan fingerprint density at radius 2 is 1.56 bits per heavy atom. The zero-order valence-corrected chi connectivity index (χ0v) is 14.9. The number of halogens is 1. The van der Waals surface area contributed by atoms with E-state index in [1.165, 1.54) is 0 Å². The third-order valence-corrected chi connectivity index (χ3v) is 4.43. The number of nitrogens with one attached hydrogen (secondary N) is 1. The molecule has 0 fully saturated rings. The third kappa shape index (κ3) is 3.35. The molecule has 1 aromatic heterocycles. The van der Waals surface area contributed by atoms with Gasteiger partial charge in [-0.1, -0.05) is 60.1 Å². The van der Waals surface area contributed by atoms with Crippen LogP contribution in [-0.4, -0.2) is 11.0 Å². The van der Waals surface area contributed by atoms with Gasteiger partial charge in [-0.15, -0.1) is 0 Å². The lowest BCUT2D eigenvalue weighted by Gasteiger charge is -2.12. The molecule has 132 valence electrons. The number of benzene rings is 3. The lowest BCUT2D eigenvalue weighted by Crippen LogP contribution is -2.19. The molecule has 0 radical (unpaired) electrons. The first-order chi connectivity index (χ1) is 13.1. The molecule has 0 aliphatic carbocycles. The number of hydrogen-bond acceptors (Lipinski definition) is 3. The summed E-state index contributed by atoms with van der Waals surface area (Å²) >= 11 is 6.15. The molecule has 0 amide bonds. The summed E-state index contributed by atoms with van der Waals surface area (Å²) in [5, 5.41) is 0.990. The predicted molar refractivity (Wildman–Crippen MR) is 106 cm³/mol. The predicted octanol–water partition coefficient (Wildman–Crippen LogP) is 5.07. The summed E-state index contributed by atoms with van der Waals surface area (Å²) in [6.07, 6.45) is 0. The van der Waals surface area contributed by atoms with Crippen LogP contribution in [0.25, 0.3) is 22.0 Å². The molecule has 27 heavy (non-hydrogen) atoms. The highest BCUT2D eigenvalue weighted by Gasteiger charge is 2.22. The molecule has 0 aliphatic heterocycles. The lowest BCUT2D eigenvalue weighted by atomic mass is 9.97. The standard InChI is InChI=1S/C22H14ClNO3/c23-15-11-12-18-17(13-15)20(22(26)27-16-9-5-2-6-10-16)19(21(25)24-18)14-7-3-1-4-8-14/h1-13H,(H,24,25). The van der Waals surface area contributed by atoms with Crippen molar-refractivity contribution in [2.75, 3.05) is 0 Å². The van der Waals surface area contributed by atoms with Crippen molar-refractivity contribution in [2.45, 2.75) is 0 Å². The van der Waals surface area contributed by atoms with Crippen LogP contribution in [0.1, 0.15) is 10.4 Å². The zero-order chi connectivity index (χ0) is 18.8. The van der Waals surface area contributed by atoms with Crippen LogP contribution in [-0.2, 0) is 0 Å². The summed E-state index contributed by atoms with van der Waals surface area (Å²) in [5.41, 5.74) is 1.22. The molecular formula is C22H14ClNO3. The Balaban J connectivity index is 1.99. The number of esters is 1. The van der Waals surface area contributed by atoms with E-state index in [1.54, 1.807) is 54.6 Å². The molecule has 5 heteroatoms. The normalized spacial score (nSPS) is 10.7. The summed E-state index contributed by atoms with van der Waals surface area (Å²) in [6.45, 7) is 0. The Bertz CT molecular complexity index is 1180. The first-order valence-corrected chi connectivity index (χ1v) is 8.69. The Morgan fingerprint density at radius 3 is 2.26 bits per heavy atom. The molecular weight excluding hydrogens is 362 g/mol. The number of H-pyrrole nitrogens is 1. The SMILES string of the molecule is O=C(Oc1ccccc1)c1c(-c2ccccc2)c(=O)[nH]c2ccc(Cl)cc12. The highest BCUT2D eigenvalue weighted by Crippen LogP contribution is 2.29. The minimum atomic E-state index is -0.613. The van der Waals surface area contributed by atoms with Gasteiger partial charge in [-0.3, -0.25) is 4.79 Å². The topological polar surface area (TPSA) is 59.2 Å². The molecule has 1 heterocycles. The van der Waals surface area contributed by atoms with E-state index in [0.29, 0.717) is 27.2 Å². The molecule has 0 spiro atoms. The number of fused-ring (bicyclic) bond motifs is 1. The van der Waals surface area contributed by atoms with Gasteiger partial charge in [0.1, 0.15) is 5.75 Å². The first-order valence-electron chi connectivity index (χ1n) is 8.31. The van der Waals surface area contributed by atoms with E-state index in [4.69, 9.17) is 16.3 Å². The van der Waals surface area contributed by atoms with Crippen LogP contribution < -0.4 is 10.3 Å². The number of hydrogen-bond donors (Lipinski definition) is 1. The third-order valence-electron chi connectivity index (χ3n) is 4.20. The van der Waals surface area contributed by atoms with Crippen molar-refractivity contribution in [3.05, 3.63) is 99.8 Å². The molecule has 0 saturated carbocycles. The van der Waals surface area contributed by atoms with Gasteiger partial charge < -0.3 is 9.72 Å². The monoisotopic (exact) mass is 375 g/mol. The van der Waals surface area contributed by atoms with E-state index in [9.17, 15) is 9.59 Å². The number of carbonyl (C=O) groups is 1. The van der Waals surface area contributed by atoms with Crippen molar-refractivity contribution in [3.63, 3.8) is 0 Å². The Morgan fingerprint density at radius 1 is 0.889 bits per heavy atom. The summed E-state index contributed by atoms with van der Waals surface area (Å²) in [6, 6.07) is 22.7. The van der Waals surface area contributed by atoms with E-state index in [2.05, 4.69) is 4.98 Å². The first kappa shape index (κ1) is 17.1. The number of ether oxygens (including phenoxy) is 1. The second-order valence-corrected chi connectivity index (χ2v) is 6.40. The molecule has 0 atom stereocenters. The van der Waals surface area contributed by atoms with E-state index < -0.39 is 5.97 Å². The van der Waals surface area contributed by atoms with Crippen LogP contribution in [0.3, 0.4) is 0 Å². The maximum absolute atomic E-state index is 13.1. The van der Waals surface area contributed by atoms with Crippen molar-refractivity contribution in [1.82, 2.24) is 4.98 Å². The fourth-order valence-corrected chi connectivity index (χ4v) is 3.18. The lowest BCUT2D eigenvalue weighted by molar-refractivity contribution is 0.0737. The van der Waals surface area contributed by atoms with Crippen molar-refractivity contribution in [1.29, 1.82) is 0 Å². The quantitative estimate of drug-likeness (QED) is 0.402. The smallest absolute Gasteiger partial charge is 0.345 e. The van der Waals surface area contributed by atoms with Crippen LogP contribution in [0.15, 0.2) is 83.7 Å². The number of aromatic amines is 1. The van der Waals surface area contributed by atoms with Gasteiger partial charge in [0, 0.05) is 15.9 Å². The number of aromatic nitrogens is 1. The molecule has 1 N–H and O–H groups in total. The van der Waals surface area contributed by atoms with Gasteiger partial charge in [0.15, 0.2) is 0 Å². The molecule has 0 saturated heterocycles. The summed E-state index contributed by atoms with van der Waals surface area (Å²) < 4.78 is 5.53. The van der Waals surface area contributed by atoms with Crippen molar-refractivity contribution in [2.24, 2.45) is 0 Å². The number of para-hydroxylation sites is 1. The van der Waals surface area contributed by atoms with Crippen LogP contribution in [0, 0.1) is 0 Å². The van der Waals surface area contributed by atoms with E-state index >= 15 is 0 Å². The van der Waals surface area contributed by atoms with Crippen LogP contribution in [0.2, 0.25) is 5.02 Å².